The Bertz CT molecular complexity index is 486. The Balaban J connectivity index is 1.49. The monoisotopic (exact) mass is 288 g/mol. The predicted molar refractivity (Wildman–Crippen MR) is 82.5 cm³/mol. The van der Waals surface area contributed by atoms with Crippen LogP contribution in [0.4, 0.5) is 0 Å². The van der Waals surface area contributed by atoms with Crippen LogP contribution in [-0.2, 0) is 11.2 Å². The second-order valence-corrected chi connectivity index (χ2v) is 6.01. The van der Waals surface area contributed by atoms with E-state index in [1.165, 1.54) is 24.9 Å². The molecule has 0 bridgehead atoms. The summed E-state index contributed by atoms with van der Waals surface area (Å²) < 4.78 is 5.86. The lowest BCUT2D eigenvalue weighted by Gasteiger charge is -2.35. The lowest BCUT2D eigenvalue weighted by atomic mass is 10.1. The third-order valence-corrected chi connectivity index (χ3v) is 4.58. The molecule has 0 spiro atoms. The van der Waals surface area contributed by atoms with E-state index in [4.69, 9.17) is 4.74 Å². The Hall–Kier alpha value is -1.39. The molecule has 0 radical (unpaired) electrons. The normalized spacial score (nSPS) is 25.6. The minimum absolute atomic E-state index is 0.00945. The van der Waals surface area contributed by atoms with Gasteiger partial charge < -0.3 is 10.1 Å². The van der Waals surface area contributed by atoms with Gasteiger partial charge in [0.2, 0.25) is 0 Å². The molecule has 21 heavy (non-hydrogen) atoms. The van der Waals surface area contributed by atoms with Crippen molar-refractivity contribution in [1.29, 1.82) is 0 Å². The summed E-state index contributed by atoms with van der Waals surface area (Å²) in [4.78, 5) is 14.6. The highest BCUT2D eigenvalue weighted by molar-refractivity contribution is 5.94. The maximum atomic E-state index is 12.1. The Labute approximate surface area is 126 Å². The van der Waals surface area contributed by atoms with Gasteiger partial charge in [0.1, 0.15) is 0 Å². The fraction of sp³-hybridized carbons (Fsp3) is 0.588. The Kier molecular flexibility index (Phi) is 4.56. The summed E-state index contributed by atoms with van der Waals surface area (Å²) in [5.41, 5.74) is 1.98. The van der Waals surface area contributed by atoms with Gasteiger partial charge in [0.25, 0.3) is 5.91 Å². The van der Waals surface area contributed by atoms with Crippen LogP contribution in [0.5, 0.6) is 0 Å². The van der Waals surface area contributed by atoms with Crippen LogP contribution in [0.3, 0.4) is 0 Å². The number of hydrogen-bond acceptors (Lipinski definition) is 3. The zero-order chi connectivity index (χ0) is 14.7. The van der Waals surface area contributed by atoms with Crippen LogP contribution in [0.25, 0.3) is 0 Å². The van der Waals surface area contributed by atoms with Gasteiger partial charge in [-0.15, -0.1) is 0 Å². The van der Waals surface area contributed by atoms with Crippen molar-refractivity contribution < 1.29 is 9.53 Å². The number of ether oxygens (including phenoxy) is 1. The molecule has 0 unspecified atom stereocenters. The van der Waals surface area contributed by atoms with E-state index in [1.54, 1.807) is 0 Å². The van der Waals surface area contributed by atoms with Gasteiger partial charge in [0.05, 0.1) is 12.7 Å². The maximum absolute atomic E-state index is 12.1. The third kappa shape index (κ3) is 3.44. The zero-order valence-electron chi connectivity index (χ0n) is 12.7. The van der Waals surface area contributed by atoms with E-state index >= 15 is 0 Å². The van der Waals surface area contributed by atoms with Crippen molar-refractivity contribution in [3.8, 4) is 0 Å². The molecule has 3 rings (SSSR count). The molecular formula is C17H24N2O2. The summed E-state index contributed by atoms with van der Waals surface area (Å²) >= 11 is 0. The topological polar surface area (TPSA) is 41.6 Å². The number of nitrogens with zero attached hydrogens (tertiary/aromatic N) is 1. The van der Waals surface area contributed by atoms with Crippen LogP contribution in [-0.4, -0.2) is 49.2 Å². The molecule has 0 aromatic heterocycles. The molecule has 2 atom stereocenters. The van der Waals surface area contributed by atoms with Crippen molar-refractivity contribution in [3.05, 3.63) is 35.4 Å². The second kappa shape index (κ2) is 6.58. The lowest BCUT2D eigenvalue weighted by Crippen LogP contribution is -2.50. The highest BCUT2D eigenvalue weighted by Crippen LogP contribution is 2.22. The van der Waals surface area contributed by atoms with E-state index in [0.717, 1.165) is 25.1 Å². The van der Waals surface area contributed by atoms with Crippen LogP contribution in [0.2, 0.25) is 0 Å². The molecule has 2 aliphatic rings. The van der Waals surface area contributed by atoms with Crippen molar-refractivity contribution in [2.24, 2.45) is 0 Å². The van der Waals surface area contributed by atoms with Crippen LogP contribution in [0.1, 0.15) is 35.7 Å². The largest absolute Gasteiger partial charge is 0.373 e. The van der Waals surface area contributed by atoms with Gasteiger partial charge in [-0.3, -0.25) is 9.69 Å². The van der Waals surface area contributed by atoms with Crippen LogP contribution in [0, 0.1) is 0 Å². The van der Waals surface area contributed by atoms with Crippen molar-refractivity contribution >= 4 is 5.91 Å². The third-order valence-electron chi connectivity index (χ3n) is 4.58. The quantitative estimate of drug-likeness (QED) is 0.919. The number of carbonyl (C=O) groups is 1. The van der Waals surface area contributed by atoms with E-state index in [-0.39, 0.29) is 12.0 Å². The Morgan fingerprint density at radius 3 is 2.95 bits per heavy atom. The number of carbonyl (C=O) groups excluding carboxylic acids is 1. The molecule has 2 heterocycles. The highest BCUT2D eigenvalue weighted by atomic mass is 16.5. The second-order valence-electron chi connectivity index (χ2n) is 6.01. The predicted octanol–water partition coefficient (Wildman–Crippen LogP) is 1.84. The highest BCUT2D eigenvalue weighted by Gasteiger charge is 2.32. The molecule has 0 saturated carbocycles. The number of morpholine rings is 1. The molecule has 114 valence electrons. The number of aryl methyl sites for hydroxylation is 1. The van der Waals surface area contributed by atoms with E-state index in [9.17, 15) is 4.79 Å². The summed E-state index contributed by atoms with van der Waals surface area (Å²) in [5.74, 6) is -0.00945. The number of fused-ring (bicyclic) bond motifs is 1. The summed E-state index contributed by atoms with van der Waals surface area (Å²) in [6.45, 7) is 5.64. The van der Waals surface area contributed by atoms with Gasteiger partial charge in [-0.05, 0) is 43.5 Å². The molecule has 2 aliphatic heterocycles. The molecule has 0 aliphatic carbocycles. The molecule has 1 aromatic carbocycles. The molecule has 1 amide bonds. The Morgan fingerprint density at radius 1 is 1.38 bits per heavy atom. The van der Waals surface area contributed by atoms with E-state index in [2.05, 4.69) is 17.1 Å². The minimum atomic E-state index is -0.00945. The first-order chi connectivity index (χ1) is 10.3. The zero-order valence-corrected chi connectivity index (χ0v) is 12.7. The summed E-state index contributed by atoms with van der Waals surface area (Å²) in [5, 5.41) is 3.00. The van der Waals surface area contributed by atoms with Crippen LogP contribution >= 0.6 is 0 Å². The molecule has 2 saturated heterocycles. The molecule has 4 heteroatoms. The van der Waals surface area contributed by atoms with Gasteiger partial charge in [-0.1, -0.05) is 19.1 Å². The molecule has 2 fully saturated rings. The Morgan fingerprint density at radius 2 is 2.19 bits per heavy atom. The average Bonchev–Trinajstić information content (AvgIpc) is 3.00. The molecule has 1 N–H and O–H groups in total. The molecule has 1 aromatic rings. The first-order valence-corrected chi connectivity index (χ1v) is 7.99. The molecule has 4 nitrogen and oxygen atoms in total. The van der Waals surface area contributed by atoms with Gasteiger partial charge in [0, 0.05) is 24.7 Å². The van der Waals surface area contributed by atoms with E-state index < -0.39 is 0 Å². The number of hydrogen-bond donors (Lipinski definition) is 1. The summed E-state index contributed by atoms with van der Waals surface area (Å²) in [6, 6.07) is 8.43. The van der Waals surface area contributed by atoms with Crippen molar-refractivity contribution in [3.63, 3.8) is 0 Å². The van der Waals surface area contributed by atoms with Crippen molar-refractivity contribution in [2.45, 2.75) is 38.3 Å². The van der Waals surface area contributed by atoms with Crippen LogP contribution < -0.4 is 5.32 Å². The van der Waals surface area contributed by atoms with Gasteiger partial charge in [-0.2, -0.15) is 0 Å². The van der Waals surface area contributed by atoms with Gasteiger partial charge in [0.15, 0.2) is 0 Å². The van der Waals surface area contributed by atoms with E-state index in [1.807, 2.05) is 24.3 Å². The summed E-state index contributed by atoms with van der Waals surface area (Å²) in [6.07, 6.45) is 3.65. The summed E-state index contributed by atoms with van der Waals surface area (Å²) in [7, 11) is 0. The van der Waals surface area contributed by atoms with Crippen molar-refractivity contribution in [2.75, 3.05) is 26.2 Å². The number of benzene rings is 1. The standard InChI is InChI=1S/C17H24N2O2/c1-2-13-5-7-14(8-6-13)17(20)18-10-16-11-19-9-3-4-15(19)12-21-16/h5-8,15-16H,2-4,9-12H2,1H3,(H,18,20)/t15-,16+/m0/s1. The lowest BCUT2D eigenvalue weighted by molar-refractivity contribution is -0.0461. The van der Waals surface area contributed by atoms with Gasteiger partial charge >= 0.3 is 0 Å². The van der Waals surface area contributed by atoms with Crippen molar-refractivity contribution in [1.82, 2.24) is 10.2 Å². The fourth-order valence-corrected chi connectivity index (χ4v) is 3.21. The molecular weight excluding hydrogens is 264 g/mol. The smallest absolute Gasteiger partial charge is 0.251 e. The first kappa shape index (κ1) is 14.5. The van der Waals surface area contributed by atoms with E-state index in [0.29, 0.717) is 12.6 Å². The SMILES string of the molecule is CCc1ccc(C(=O)NC[C@@H]2CN3CCC[C@H]3CO2)cc1. The van der Waals surface area contributed by atoms with Crippen LogP contribution in [0.15, 0.2) is 24.3 Å². The number of nitrogens with one attached hydrogen (secondary N) is 1. The fourth-order valence-electron chi connectivity index (χ4n) is 3.21. The van der Waals surface area contributed by atoms with Gasteiger partial charge in [-0.25, -0.2) is 0 Å². The number of amides is 1. The number of rotatable bonds is 4. The first-order valence-electron chi connectivity index (χ1n) is 7.99. The average molecular weight is 288 g/mol. The maximum Gasteiger partial charge on any atom is 0.251 e. The minimum Gasteiger partial charge on any atom is -0.373 e.